The minimum Gasteiger partial charge on any atom is -0.506 e. The lowest BCUT2D eigenvalue weighted by atomic mass is 9.69. The molecule has 0 aliphatic heterocycles. The molecule has 0 aromatic heterocycles. The van der Waals surface area contributed by atoms with Gasteiger partial charge in [0.1, 0.15) is 5.75 Å². The van der Waals surface area contributed by atoms with Gasteiger partial charge >= 0.3 is 0 Å². The first-order valence-corrected chi connectivity index (χ1v) is 16.7. The van der Waals surface area contributed by atoms with Gasteiger partial charge in [-0.3, -0.25) is 0 Å². The monoisotopic (exact) mass is 568 g/mol. The number of aromatic hydroxyl groups is 1. The van der Waals surface area contributed by atoms with Crippen molar-refractivity contribution >= 4 is 40.2 Å². The number of hydrogen-bond donors (Lipinski definition) is 1. The molecule has 0 heterocycles. The molecule has 0 saturated carbocycles. The molecule has 0 fully saturated rings. The summed E-state index contributed by atoms with van der Waals surface area (Å²) in [5.74, 6) is 0.611. The van der Waals surface area contributed by atoms with Crippen molar-refractivity contribution in [2.24, 2.45) is 0 Å². The normalized spacial score (nSPS) is 27.1. The molecule has 172 valence electrons. The van der Waals surface area contributed by atoms with Crippen LogP contribution in [0.25, 0.3) is 0 Å². The second kappa shape index (κ2) is 8.92. The number of aryl methyl sites for hydroxylation is 1. The zero-order chi connectivity index (χ0) is 22.6. The topological polar surface area (TPSA) is 29.5 Å². The molecule has 1 aromatic rings. The molecule has 3 atom stereocenters. The maximum absolute atomic E-state index is 11.4. The molecule has 0 unspecified atom stereocenters. The molecule has 0 spiro atoms. The summed E-state index contributed by atoms with van der Waals surface area (Å²) in [6.45, 7) is 11.7. The van der Waals surface area contributed by atoms with Gasteiger partial charge in [0, 0.05) is 16.3 Å². The standard InChI is InChI=1S/C26H38Br2O2Si/c1-26(2,3)31(4,5)30-25-21(28)15-17-11-7-9-13-19(17)23(25)22-18-12-8-6-10-16(18)14-20(27)24(22)29/h14,21,23,25,29H,6-13,15H2,1-5H3/t21-,23-,25-/m1/s1. The van der Waals surface area contributed by atoms with Crippen LogP contribution in [0.1, 0.15) is 88.3 Å². The van der Waals surface area contributed by atoms with E-state index in [9.17, 15) is 5.11 Å². The highest BCUT2D eigenvalue weighted by molar-refractivity contribution is 9.10. The minimum absolute atomic E-state index is 0.0731. The summed E-state index contributed by atoms with van der Waals surface area (Å²) in [6.07, 6.45) is 10.7. The van der Waals surface area contributed by atoms with Gasteiger partial charge in [-0.2, -0.15) is 0 Å². The third-order valence-corrected chi connectivity index (χ3v) is 14.2. The van der Waals surface area contributed by atoms with Gasteiger partial charge in [0.05, 0.1) is 10.6 Å². The number of rotatable bonds is 3. The van der Waals surface area contributed by atoms with E-state index >= 15 is 0 Å². The second-order valence-electron chi connectivity index (χ2n) is 11.3. The van der Waals surface area contributed by atoms with E-state index in [2.05, 4.69) is 71.8 Å². The fourth-order valence-corrected chi connectivity index (χ4v) is 8.41. The van der Waals surface area contributed by atoms with E-state index in [4.69, 9.17) is 4.43 Å². The molecule has 1 N–H and O–H groups in total. The summed E-state index contributed by atoms with van der Waals surface area (Å²) in [5, 5.41) is 11.6. The molecule has 31 heavy (non-hydrogen) atoms. The quantitative estimate of drug-likeness (QED) is 0.224. The zero-order valence-electron chi connectivity index (χ0n) is 19.8. The number of fused-ring (bicyclic) bond motifs is 1. The Kier molecular flexibility index (Phi) is 6.92. The Morgan fingerprint density at radius 2 is 1.68 bits per heavy atom. The van der Waals surface area contributed by atoms with Crippen molar-refractivity contribution < 1.29 is 9.53 Å². The summed E-state index contributed by atoms with van der Waals surface area (Å²) in [6, 6.07) is 2.17. The first-order chi connectivity index (χ1) is 14.5. The second-order valence-corrected chi connectivity index (χ2v) is 18.1. The van der Waals surface area contributed by atoms with Crippen LogP contribution in [-0.2, 0) is 17.3 Å². The summed E-state index contributed by atoms with van der Waals surface area (Å²) in [5.41, 5.74) is 7.20. The van der Waals surface area contributed by atoms with Crippen LogP contribution < -0.4 is 0 Å². The third kappa shape index (κ3) is 4.50. The van der Waals surface area contributed by atoms with E-state index in [1.807, 2.05) is 0 Å². The summed E-state index contributed by atoms with van der Waals surface area (Å²) < 4.78 is 8.04. The Labute approximate surface area is 206 Å². The average molecular weight is 570 g/mol. The van der Waals surface area contributed by atoms with Crippen molar-refractivity contribution in [2.45, 2.75) is 114 Å². The predicted molar refractivity (Wildman–Crippen MR) is 140 cm³/mol. The van der Waals surface area contributed by atoms with E-state index in [1.165, 1.54) is 48.8 Å². The highest BCUT2D eigenvalue weighted by atomic mass is 79.9. The van der Waals surface area contributed by atoms with Gasteiger partial charge in [0.25, 0.3) is 0 Å². The largest absolute Gasteiger partial charge is 0.506 e. The Morgan fingerprint density at radius 1 is 1.03 bits per heavy atom. The van der Waals surface area contributed by atoms with Crippen molar-refractivity contribution in [1.82, 2.24) is 0 Å². The number of hydrogen-bond acceptors (Lipinski definition) is 2. The molecule has 1 aromatic carbocycles. The van der Waals surface area contributed by atoms with Crippen LogP contribution >= 0.6 is 31.9 Å². The molecular weight excluding hydrogens is 532 g/mol. The number of benzene rings is 1. The van der Waals surface area contributed by atoms with Crippen molar-refractivity contribution in [3.05, 3.63) is 38.4 Å². The SMILES string of the molecule is CC(C)(C)[Si](C)(C)O[C@@H]1[C@H](Br)CC2=C(CCCC2)[C@@H]1c1c(O)c(Br)cc2c1CCCC2. The Hall–Kier alpha value is -0.103. The Bertz CT molecular complexity index is 884. The molecule has 4 rings (SSSR count). The molecule has 3 aliphatic carbocycles. The molecule has 0 radical (unpaired) electrons. The fraction of sp³-hybridized carbons (Fsp3) is 0.692. The van der Waals surface area contributed by atoms with Crippen molar-refractivity contribution in [1.29, 1.82) is 0 Å². The summed E-state index contributed by atoms with van der Waals surface area (Å²) in [7, 11) is -1.98. The lowest BCUT2D eigenvalue weighted by molar-refractivity contribution is 0.148. The molecule has 5 heteroatoms. The smallest absolute Gasteiger partial charge is 0.192 e. The Morgan fingerprint density at radius 3 is 2.39 bits per heavy atom. The molecule has 0 bridgehead atoms. The van der Waals surface area contributed by atoms with Crippen LogP contribution in [0, 0.1) is 0 Å². The van der Waals surface area contributed by atoms with Crippen molar-refractivity contribution in [3.8, 4) is 5.75 Å². The van der Waals surface area contributed by atoms with E-state index in [-0.39, 0.29) is 17.1 Å². The Balaban J connectivity index is 1.90. The molecule has 2 nitrogen and oxygen atoms in total. The van der Waals surface area contributed by atoms with E-state index in [1.54, 1.807) is 11.1 Å². The number of allylic oxidation sites excluding steroid dienone is 1. The van der Waals surface area contributed by atoms with Gasteiger partial charge in [-0.1, -0.05) is 47.8 Å². The van der Waals surface area contributed by atoms with E-state index in [0.717, 1.165) is 30.2 Å². The first kappa shape index (κ1) is 24.0. The maximum atomic E-state index is 11.4. The molecular formula is C26H38Br2O2Si. The first-order valence-electron chi connectivity index (χ1n) is 12.1. The summed E-state index contributed by atoms with van der Waals surface area (Å²) in [4.78, 5) is 0.293. The lowest BCUT2D eigenvalue weighted by Crippen LogP contribution is -2.49. The number of halogens is 2. The van der Waals surface area contributed by atoms with Crippen LogP contribution in [0.2, 0.25) is 18.1 Å². The van der Waals surface area contributed by atoms with Crippen molar-refractivity contribution in [2.75, 3.05) is 0 Å². The molecule has 0 saturated heterocycles. The number of phenolic OH excluding ortho intramolecular Hbond substituents is 1. The maximum Gasteiger partial charge on any atom is 0.192 e. The van der Waals surface area contributed by atoms with Gasteiger partial charge < -0.3 is 9.53 Å². The van der Waals surface area contributed by atoms with Gasteiger partial charge in [-0.05, 0) is 109 Å². The number of phenols is 1. The van der Waals surface area contributed by atoms with Gasteiger partial charge in [0.15, 0.2) is 8.32 Å². The minimum atomic E-state index is -1.98. The van der Waals surface area contributed by atoms with Crippen LogP contribution in [0.15, 0.2) is 21.7 Å². The fourth-order valence-electron chi connectivity index (χ4n) is 5.58. The highest BCUT2D eigenvalue weighted by Crippen LogP contribution is 2.54. The summed E-state index contributed by atoms with van der Waals surface area (Å²) >= 11 is 7.78. The van der Waals surface area contributed by atoms with Gasteiger partial charge in [-0.25, -0.2) is 0 Å². The van der Waals surface area contributed by atoms with E-state index < -0.39 is 8.32 Å². The van der Waals surface area contributed by atoms with Crippen LogP contribution in [0.5, 0.6) is 5.75 Å². The van der Waals surface area contributed by atoms with Crippen LogP contribution in [0.4, 0.5) is 0 Å². The predicted octanol–water partition coefficient (Wildman–Crippen LogP) is 8.55. The zero-order valence-corrected chi connectivity index (χ0v) is 24.0. The lowest BCUT2D eigenvalue weighted by Gasteiger charge is -2.47. The van der Waals surface area contributed by atoms with Crippen LogP contribution in [0.3, 0.4) is 0 Å². The molecule has 0 amide bonds. The van der Waals surface area contributed by atoms with E-state index in [0.29, 0.717) is 10.6 Å². The van der Waals surface area contributed by atoms with Gasteiger partial charge in [0.2, 0.25) is 0 Å². The highest BCUT2D eigenvalue weighted by Gasteiger charge is 2.47. The average Bonchev–Trinajstić information content (AvgIpc) is 2.69. The molecule has 3 aliphatic rings. The third-order valence-electron chi connectivity index (χ3n) is 8.30. The van der Waals surface area contributed by atoms with Gasteiger partial charge in [-0.15, -0.1) is 0 Å². The van der Waals surface area contributed by atoms with Crippen LogP contribution in [-0.4, -0.2) is 24.4 Å². The number of alkyl halides is 1. The van der Waals surface area contributed by atoms with Crippen molar-refractivity contribution in [3.63, 3.8) is 0 Å².